The van der Waals surface area contributed by atoms with Crippen molar-refractivity contribution in [2.45, 2.75) is 6.54 Å². The van der Waals surface area contributed by atoms with Crippen LogP contribution in [0.1, 0.15) is 16.1 Å². The number of nitrogens with one attached hydrogen (secondary N) is 2. The molecule has 1 aromatic carbocycles. The summed E-state index contributed by atoms with van der Waals surface area (Å²) >= 11 is 0. The van der Waals surface area contributed by atoms with Gasteiger partial charge in [-0.3, -0.25) is 4.79 Å². The molecule has 3 aromatic rings. The van der Waals surface area contributed by atoms with Crippen LogP contribution < -0.4 is 20.1 Å². The fourth-order valence-electron chi connectivity index (χ4n) is 2.29. The number of carbonyl (C=O) groups is 1. The average molecular weight is 338 g/mol. The molecule has 0 atom stereocenters. The number of hydrogen-bond donors (Lipinski definition) is 2. The number of nitrogens with zero attached hydrogens (tertiary/aromatic N) is 2. The Bertz CT molecular complexity index is 878. The Kier molecular flexibility index (Phi) is 3.91. The van der Waals surface area contributed by atoms with Gasteiger partial charge in [0.15, 0.2) is 11.5 Å². The second kappa shape index (κ2) is 6.52. The van der Waals surface area contributed by atoms with E-state index in [9.17, 15) is 4.79 Å². The summed E-state index contributed by atoms with van der Waals surface area (Å²) in [4.78, 5) is 20.5. The molecule has 126 valence electrons. The highest BCUT2D eigenvalue weighted by Gasteiger charge is 2.15. The summed E-state index contributed by atoms with van der Waals surface area (Å²) in [6.45, 7) is 0.656. The Morgan fingerprint density at radius 2 is 1.96 bits per heavy atom. The van der Waals surface area contributed by atoms with Crippen LogP contribution in [0.5, 0.6) is 11.5 Å². The van der Waals surface area contributed by atoms with Gasteiger partial charge in [0, 0.05) is 24.1 Å². The van der Waals surface area contributed by atoms with Crippen molar-refractivity contribution >= 4 is 17.5 Å². The van der Waals surface area contributed by atoms with Crippen molar-refractivity contribution in [3.63, 3.8) is 0 Å². The summed E-state index contributed by atoms with van der Waals surface area (Å²) in [7, 11) is 0. The number of rotatable bonds is 5. The maximum atomic E-state index is 12.3. The van der Waals surface area contributed by atoms with Gasteiger partial charge in [-0.25, -0.2) is 9.97 Å². The minimum Gasteiger partial charge on any atom is -0.467 e. The van der Waals surface area contributed by atoms with Crippen LogP contribution >= 0.6 is 0 Å². The number of benzene rings is 1. The maximum absolute atomic E-state index is 12.3. The molecule has 0 bridgehead atoms. The van der Waals surface area contributed by atoms with Crippen LogP contribution in [-0.4, -0.2) is 22.7 Å². The molecule has 0 spiro atoms. The molecule has 1 amide bonds. The first-order valence-electron chi connectivity index (χ1n) is 7.57. The van der Waals surface area contributed by atoms with Crippen molar-refractivity contribution in [1.82, 2.24) is 9.97 Å². The summed E-state index contributed by atoms with van der Waals surface area (Å²) in [5.74, 6) is 2.14. The maximum Gasteiger partial charge on any atom is 0.258 e. The Balaban J connectivity index is 1.38. The second-order valence-corrected chi connectivity index (χ2v) is 5.25. The molecule has 0 radical (unpaired) electrons. The molecule has 0 aliphatic carbocycles. The zero-order chi connectivity index (χ0) is 17.1. The summed E-state index contributed by atoms with van der Waals surface area (Å²) in [6.07, 6.45) is 4.51. The van der Waals surface area contributed by atoms with Crippen LogP contribution in [0.25, 0.3) is 0 Å². The van der Waals surface area contributed by atoms with Crippen molar-refractivity contribution < 1.29 is 18.7 Å². The highest BCUT2D eigenvalue weighted by Crippen LogP contribution is 2.34. The third kappa shape index (κ3) is 3.37. The quantitative estimate of drug-likeness (QED) is 0.738. The highest BCUT2D eigenvalue weighted by molar-refractivity contribution is 6.04. The molecule has 1 aliphatic heterocycles. The van der Waals surface area contributed by atoms with Gasteiger partial charge >= 0.3 is 0 Å². The molecule has 2 aromatic heterocycles. The topological polar surface area (TPSA) is 98.5 Å². The van der Waals surface area contributed by atoms with Gasteiger partial charge in [-0.1, -0.05) is 0 Å². The number of fused-ring (bicyclic) bond motifs is 1. The third-order valence-electron chi connectivity index (χ3n) is 3.55. The van der Waals surface area contributed by atoms with E-state index in [1.54, 1.807) is 30.5 Å². The van der Waals surface area contributed by atoms with E-state index in [-0.39, 0.29) is 12.7 Å². The van der Waals surface area contributed by atoms with Crippen LogP contribution in [0.15, 0.2) is 53.4 Å². The number of carbonyl (C=O) groups excluding carboxylic acids is 1. The number of amides is 1. The van der Waals surface area contributed by atoms with Gasteiger partial charge in [0.05, 0.1) is 18.4 Å². The first kappa shape index (κ1) is 15.0. The smallest absolute Gasteiger partial charge is 0.258 e. The van der Waals surface area contributed by atoms with Crippen molar-refractivity contribution in [3.05, 3.63) is 60.3 Å². The molecule has 0 saturated heterocycles. The van der Waals surface area contributed by atoms with Gasteiger partial charge in [0.1, 0.15) is 5.76 Å². The fourth-order valence-corrected chi connectivity index (χ4v) is 2.29. The standard InChI is InChI=1S/C17H14N4O4/c22-16(21-12-3-4-14-15(6-12)25-10-24-14)11-7-18-17(19-8-11)20-9-13-2-1-5-23-13/h1-8H,9-10H2,(H,21,22)(H,18,19,20). The number of ether oxygens (including phenoxy) is 2. The fraction of sp³-hybridized carbons (Fsp3) is 0.118. The van der Waals surface area contributed by atoms with Crippen LogP contribution in [-0.2, 0) is 6.54 Å². The van der Waals surface area contributed by atoms with Crippen molar-refractivity contribution in [1.29, 1.82) is 0 Å². The lowest BCUT2D eigenvalue weighted by molar-refractivity contribution is 0.102. The highest BCUT2D eigenvalue weighted by atomic mass is 16.7. The Morgan fingerprint density at radius 1 is 1.12 bits per heavy atom. The minimum absolute atomic E-state index is 0.188. The number of furan rings is 1. The van der Waals surface area contributed by atoms with E-state index in [1.165, 1.54) is 12.4 Å². The first-order valence-corrected chi connectivity index (χ1v) is 7.57. The van der Waals surface area contributed by atoms with Crippen molar-refractivity contribution in [3.8, 4) is 11.5 Å². The van der Waals surface area contributed by atoms with E-state index < -0.39 is 0 Å². The summed E-state index contributed by atoms with van der Waals surface area (Å²) in [6, 6.07) is 8.85. The van der Waals surface area contributed by atoms with E-state index >= 15 is 0 Å². The van der Waals surface area contributed by atoms with E-state index in [0.717, 1.165) is 5.76 Å². The first-order chi connectivity index (χ1) is 12.3. The average Bonchev–Trinajstić information content (AvgIpc) is 3.31. The minimum atomic E-state index is -0.309. The van der Waals surface area contributed by atoms with E-state index in [1.807, 2.05) is 6.07 Å². The normalized spacial score (nSPS) is 12.0. The van der Waals surface area contributed by atoms with Gasteiger partial charge in [-0.15, -0.1) is 0 Å². The molecule has 0 unspecified atom stereocenters. The molecule has 1 aliphatic rings. The van der Waals surface area contributed by atoms with E-state index in [2.05, 4.69) is 20.6 Å². The summed E-state index contributed by atoms with van der Waals surface area (Å²) in [5.41, 5.74) is 0.954. The predicted octanol–water partition coefficient (Wildman–Crippen LogP) is 2.66. The van der Waals surface area contributed by atoms with Gasteiger partial charge in [-0.05, 0) is 24.3 Å². The molecule has 8 nitrogen and oxygen atoms in total. The van der Waals surface area contributed by atoms with Gasteiger partial charge in [0.2, 0.25) is 12.7 Å². The van der Waals surface area contributed by atoms with Gasteiger partial charge in [-0.2, -0.15) is 0 Å². The lowest BCUT2D eigenvalue weighted by Crippen LogP contribution is -2.13. The largest absolute Gasteiger partial charge is 0.467 e. The van der Waals surface area contributed by atoms with Crippen molar-refractivity contribution in [2.75, 3.05) is 17.4 Å². The van der Waals surface area contributed by atoms with Crippen LogP contribution in [0.2, 0.25) is 0 Å². The lowest BCUT2D eigenvalue weighted by Gasteiger charge is -2.07. The third-order valence-corrected chi connectivity index (χ3v) is 3.55. The van der Waals surface area contributed by atoms with E-state index in [0.29, 0.717) is 35.2 Å². The molecule has 0 saturated carbocycles. The second-order valence-electron chi connectivity index (χ2n) is 5.25. The van der Waals surface area contributed by atoms with Crippen molar-refractivity contribution in [2.24, 2.45) is 0 Å². The molecule has 3 heterocycles. The van der Waals surface area contributed by atoms with Gasteiger partial charge in [0.25, 0.3) is 5.91 Å². The Morgan fingerprint density at radius 3 is 2.76 bits per heavy atom. The Hall–Kier alpha value is -3.55. The lowest BCUT2D eigenvalue weighted by atomic mass is 10.2. The van der Waals surface area contributed by atoms with E-state index in [4.69, 9.17) is 13.9 Å². The molecule has 0 fully saturated rings. The number of aromatic nitrogens is 2. The predicted molar refractivity (Wildman–Crippen MR) is 88.6 cm³/mol. The molecule has 2 N–H and O–H groups in total. The summed E-state index contributed by atoms with van der Waals surface area (Å²) < 4.78 is 15.7. The molecule has 4 rings (SSSR count). The molecule has 25 heavy (non-hydrogen) atoms. The number of hydrogen-bond acceptors (Lipinski definition) is 7. The zero-order valence-electron chi connectivity index (χ0n) is 13.1. The van der Waals surface area contributed by atoms with Gasteiger partial charge < -0.3 is 24.5 Å². The molecule has 8 heteroatoms. The molecular weight excluding hydrogens is 324 g/mol. The monoisotopic (exact) mass is 338 g/mol. The number of anilines is 2. The zero-order valence-corrected chi connectivity index (χ0v) is 13.1. The molecular formula is C17H14N4O4. The van der Waals surface area contributed by atoms with Crippen LogP contribution in [0, 0.1) is 0 Å². The van der Waals surface area contributed by atoms with Crippen LogP contribution in [0.3, 0.4) is 0 Å². The Labute approximate surface area is 142 Å². The van der Waals surface area contributed by atoms with Crippen LogP contribution in [0.4, 0.5) is 11.6 Å². The summed E-state index contributed by atoms with van der Waals surface area (Å²) in [5, 5.41) is 5.78. The SMILES string of the molecule is O=C(Nc1ccc2c(c1)OCO2)c1cnc(NCc2ccco2)nc1.